The minimum atomic E-state index is -0.0389. The summed E-state index contributed by atoms with van der Waals surface area (Å²) in [4.78, 5) is 12.4. The van der Waals surface area contributed by atoms with Crippen LogP contribution in [0.25, 0.3) is 0 Å². The van der Waals surface area contributed by atoms with Gasteiger partial charge in [0.05, 0.1) is 5.25 Å². The molecule has 19 heavy (non-hydrogen) atoms. The van der Waals surface area contributed by atoms with Crippen molar-refractivity contribution in [2.24, 2.45) is 0 Å². The fourth-order valence-electron chi connectivity index (χ4n) is 1.83. The zero-order valence-electron chi connectivity index (χ0n) is 10.7. The molecule has 98 valence electrons. The average Bonchev–Trinajstić information content (AvgIpc) is 2.43. The molecular weight excluding hydrogens is 320 g/mol. The van der Waals surface area contributed by atoms with Crippen molar-refractivity contribution in [2.75, 3.05) is 0 Å². The van der Waals surface area contributed by atoms with Crippen LogP contribution in [0.5, 0.6) is 0 Å². The first kappa shape index (κ1) is 14.4. The Labute approximate surface area is 126 Å². The quantitative estimate of drug-likeness (QED) is 0.584. The van der Waals surface area contributed by atoms with E-state index in [0.29, 0.717) is 0 Å². The van der Waals surface area contributed by atoms with E-state index in [0.717, 1.165) is 22.1 Å². The molecule has 0 radical (unpaired) electrons. The van der Waals surface area contributed by atoms with Gasteiger partial charge in [-0.15, -0.1) is 11.8 Å². The molecule has 1 nitrogen and oxygen atoms in total. The number of rotatable bonds is 5. The molecule has 0 bridgehead atoms. The first-order chi connectivity index (χ1) is 9.19. The Kier molecular flexibility index (Phi) is 5.23. The van der Waals surface area contributed by atoms with Crippen molar-refractivity contribution < 1.29 is 4.79 Å². The largest absolute Gasteiger partial charge is 0.302 e. The molecule has 0 saturated heterocycles. The van der Waals surface area contributed by atoms with Crippen LogP contribution in [0.2, 0.25) is 0 Å². The highest BCUT2D eigenvalue weighted by Gasteiger charge is 2.11. The highest BCUT2D eigenvalue weighted by molar-refractivity contribution is 9.10. The number of hydrogen-bond acceptors (Lipinski definition) is 2. The van der Waals surface area contributed by atoms with Gasteiger partial charge in [0.2, 0.25) is 0 Å². The SMILES string of the molecule is Cc1cc(SC(C=O)Cc2ccccc2)ccc1Br. The van der Waals surface area contributed by atoms with E-state index in [-0.39, 0.29) is 5.25 Å². The van der Waals surface area contributed by atoms with Crippen molar-refractivity contribution in [3.63, 3.8) is 0 Å². The fourth-order valence-corrected chi connectivity index (χ4v) is 3.15. The lowest BCUT2D eigenvalue weighted by Crippen LogP contribution is -2.08. The molecule has 2 aromatic carbocycles. The molecule has 0 aliphatic heterocycles. The van der Waals surface area contributed by atoms with Crippen molar-refractivity contribution >= 4 is 34.0 Å². The molecule has 3 heteroatoms. The summed E-state index contributed by atoms with van der Waals surface area (Å²) in [7, 11) is 0. The fraction of sp³-hybridized carbons (Fsp3) is 0.188. The summed E-state index contributed by atoms with van der Waals surface area (Å²) < 4.78 is 1.10. The Balaban J connectivity index is 2.06. The number of carbonyl (C=O) groups excluding carboxylic acids is 1. The summed E-state index contributed by atoms with van der Waals surface area (Å²) in [5.74, 6) is 0. The molecule has 0 fully saturated rings. The van der Waals surface area contributed by atoms with Crippen molar-refractivity contribution in [2.45, 2.75) is 23.5 Å². The molecule has 2 aromatic rings. The summed E-state index contributed by atoms with van der Waals surface area (Å²) in [5.41, 5.74) is 2.38. The zero-order valence-corrected chi connectivity index (χ0v) is 13.1. The third kappa shape index (κ3) is 4.22. The Morgan fingerprint density at radius 3 is 2.58 bits per heavy atom. The molecule has 0 N–H and O–H groups in total. The smallest absolute Gasteiger partial charge is 0.133 e. The maximum atomic E-state index is 11.2. The second kappa shape index (κ2) is 6.92. The van der Waals surface area contributed by atoms with Gasteiger partial charge in [0.25, 0.3) is 0 Å². The Morgan fingerprint density at radius 2 is 1.95 bits per heavy atom. The first-order valence-electron chi connectivity index (χ1n) is 6.11. The van der Waals surface area contributed by atoms with Crippen LogP contribution >= 0.6 is 27.7 Å². The van der Waals surface area contributed by atoms with Crippen molar-refractivity contribution in [3.8, 4) is 0 Å². The summed E-state index contributed by atoms with van der Waals surface area (Å²) in [6, 6.07) is 16.3. The van der Waals surface area contributed by atoms with Gasteiger partial charge in [-0.2, -0.15) is 0 Å². The van der Waals surface area contributed by atoms with Crippen LogP contribution < -0.4 is 0 Å². The van der Waals surface area contributed by atoms with Gasteiger partial charge in [-0.3, -0.25) is 0 Å². The molecule has 1 atom stereocenters. The normalized spacial score (nSPS) is 12.1. The number of aryl methyl sites for hydroxylation is 1. The molecule has 0 saturated carbocycles. The number of carbonyl (C=O) groups is 1. The zero-order chi connectivity index (χ0) is 13.7. The van der Waals surface area contributed by atoms with Gasteiger partial charge in [-0.1, -0.05) is 46.3 Å². The Morgan fingerprint density at radius 1 is 1.21 bits per heavy atom. The summed E-state index contributed by atoms with van der Waals surface area (Å²) in [6.07, 6.45) is 1.80. The first-order valence-corrected chi connectivity index (χ1v) is 7.78. The highest BCUT2D eigenvalue weighted by Crippen LogP contribution is 2.28. The maximum absolute atomic E-state index is 11.2. The molecule has 0 aromatic heterocycles. The monoisotopic (exact) mass is 334 g/mol. The van der Waals surface area contributed by atoms with Crippen LogP contribution in [-0.4, -0.2) is 11.5 Å². The second-order valence-corrected chi connectivity index (χ2v) is 6.56. The van der Waals surface area contributed by atoms with Gasteiger partial charge < -0.3 is 4.79 Å². The molecule has 0 aliphatic carbocycles. The van der Waals surface area contributed by atoms with E-state index in [1.165, 1.54) is 11.1 Å². The van der Waals surface area contributed by atoms with E-state index in [4.69, 9.17) is 0 Å². The van der Waals surface area contributed by atoms with Gasteiger partial charge in [-0.05, 0) is 42.7 Å². The van der Waals surface area contributed by atoms with Gasteiger partial charge in [0, 0.05) is 9.37 Å². The standard InChI is InChI=1S/C16H15BrOS/c1-12-9-14(7-8-16(12)17)19-15(11-18)10-13-5-3-2-4-6-13/h2-9,11,15H,10H2,1H3. The van der Waals surface area contributed by atoms with Crippen molar-refractivity contribution in [1.82, 2.24) is 0 Å². The minimum absolute atomic E-state index is 0.0389. The average molecular weight is 335 g/mol. The molecular formula is C16H15BrOS. The summed E-state index contributed by atoms with van der Waals surface area (Å²) in [5, 5.41) is -0.0389. The number of benzene rings is 2. The van der Waals surface area contributed by atoms with E-state index in [1.807, 2.05) is 30.3 Å². The number of thioether (sulfide) groups is 1. The number of halogens is 1. The lowest BCUT2D eigenvalue weighted by molar-refractivity contribution is -0.107. The molecule has 0 aliphatic rings. The van der Waals surface area contributed by atoms with E-state index in [9.17, 15) is 4.79 Å². The topological polar surface area (TPSA) is 17.1 Å². The summed E-state index contributed by atoms with van der Waals surface area (Å²) >= 11 is 5.11. The lowest BCUT2D eigenvalue weighted by Gasteiger charge is -2.11. The predicted molar refractivity (Wildman–Crippen MR) is 84.7 cm³/mol. The highest BCUT2D eigenvalue weighted by atomic mass is 79.9. The van der Waals surface area contributed by atoms with E-state index < -0.39 is 0 Å². The van der Waals surface area contributed by atoms with Crippen LogP contribution in [0, 0.1) is 6.92 Å². The Hall–Kier alpha value is -1.06. The van der Waals surface area contributed by atoms with E-state index >= 15 is 0 Å². The van der Waals surface area contributed by atoms with Crippen LogP contribution in [0.15, 0.2) is 57.9 Å². The number of hydrogen-bond donors (Lipinski definition) is 0. The molecule has 0 amide bonds. The van der Waals surface area contributed by atoms with Crippen molar-refractivity contribution in [1.29, 1.82) is 0 Å². The lowest BCUT2D eigenvalue weighted by atomic mass is 10.1. The van der Waals surface area contributed by atoms with Gasteiger partial charge in [0.15, 0.2) is 0 Å². The Bertz CT molecular complexity index is 554. The molecule has 0 heterocycles. The predicted octanol–water partition coefficient (Wildman–Crippen LogP) is 4.66. The van der Waals surface area contributed by atoms with Gasteiger partial charge in [0.1, 0.15) is 6.29 Å². The van der Waals surface area contributed by atoms with Crippen LogP contribution in [-0.2, 0) is 11.2 Å². The summed E-state index contributed by atoms with van der Waals surface area (Å²) in [6.45, 7) is 2.06. The van der Waals surface area contributed by atoms with E-state index in [1.54, 1.807) is 11.8 Å². The molecule has 0 spiro atoms. The van der Waals surface area contributed by atoms with E-state index in [2.05, 4.69) is 41.1 Å². The second-order valence-electron chi connectivity index (χ2n) is 4.39. The van der Waals surface area contributed by atoms with Gasteiger partial charge in [-0.25, -0.2) is 0 Å². The van der Waals surface area contributed by atoms with Crippen LogP contribution in [0.1, 0.15) is 11.1 Å². The number of aldehydes is 1. The van der Waals surface area contributed by atoms with Gasteiger partial charge >= 0.3 is 0 Å². The molecule has 2 rings (SSSR count). The third-order valence-electron chi connectivity index (χ3n) is 2.85. The minimum Gasteiger partial charge on any atom is -0.302 e. The maximum Gasteiger partial charge on any atom is 0.133 e. The third-order valence-corrected chi connectivity index (χ3v) is 4.84. The van der Waals surface area contributed by atoms with Crippen LogP contribution in [0.3, 0.4) is 0 Å². The molecule has 1 unspecified atom stereocenters. The van der Waals surface area contributed by atoms with Crippen LogP contribution in [0.4, 0.5) is 0 Å². The van der Waals surface area contributed by atoms with Crippen molar-refractivity contribution in [3.05, 3.63) is 64.1 Å².